The van der Waals surface area contributed by atoms with Crippen LogP contribution in [0.1, 0.15) is 24.8 Å². The molecule has 0 radical (unpaired) electrons. The summed E-state index contributed by atoms with van der Waals surface area (Å²) in [7, 11) is 2.89. The number of hydrogen-bond acceptors (Lipinski definition) is 6. The molecule has 1 fully saturated rings. The molecule has 0 saturated carbocycles. The molecule has 8 heteroatoms. The van der Waals surface area contributed by atoms with Crippen LogP contribution in [0, 0.1) is 0 Å². The van der Waals surface area contributed by atoms with Gasteiger partial charge in [-0.2, -0.15) is 0 Å². The molecule has 1 N–H and O–H groups in total. The highest BCUT2D eigenvalue weighted by Gasteiger charge is 2.32. The number of nitrogens with one attached hydrogen (secondary N) is 1. The zero-order valence-corrected chi connectivity index (χ0v) is 15.1. The van der Waals surface area contributed by atoms with Crippen molar-refractivity contribution in [3.8, 4) is 17.2 Å². The second-order valence-electron chi connectivity index (χ2n) is 6.20. The van der Waals surface area contributed by atoms with Crippen LogP contribution in [0.25, 0.3) is 0 Å². The first-order valence-corrected chi connectivity index (χ1v) is 8.73. The van der Waals surface area contributed by atoms with Crippen LogP contribution in [0.4, 0.5) is 4.79 Å². The number of ether oxygens (including phenoxy) is 4. The number of nitrogens with zero attached hydrogens (tertiary/aromatic N) is 1. The zero-order valence-electron chi connectivity index (χ0n) is 15.1. The number of amides is 2. The van der Waals surface area contributed by atoms with Gasteiger partial charge in [0, 0.05) is 24.7 Å². The van der Waals surface area contributed by atoms with E-state index in [0.29, 0.717) is 43.4 Å². The third kappa shape index (κ3) is 3.79. The maximum absolute atomic E-state index is 12.6. The molecule has 2 aliphatic heterocycles. The molecular weight excluding hydrogens is 340 g/mol. The predicted octanol–water partition coefficient (Wildman–Crippen LogP) is 1.70. The minimum absolute atomic E-state index is 0.202. The van der Waals surface area contributed by atoms with Crippen molar-refractivity contribution in [1.82, 2.24) is 10.2 Å². The lowest BCUT2D eigenvalue weighted by Crippen LogP contribution is -2.51. The number of methoxy groups -OCH3 is 2. The first-order chi connectivity index (χ1) is 12.6. The monoisotopic (exact) mass is 364 g/mol. The topological polar surface area (TPSA) is 86.3 Å². The molecule has 8 nitrogen and oxygen atoms in total. The number of piperidine rings is 1. The van der Waals surface area contributed by atoms with Crippen molar-refractivity contribution in [3.63, 3.8) is 0 Å². The lowest BCUT2D eigenvalue weighted by atomic mass is 10.0. The number of carbonyl (C=O) groups excluding carboxylic acids is 2. The Hall–Kier alpha value is -2.64. The largest absolute Gasteiger partial charge is 0.496 e. The first-order valence-electron chi connectivity index (χ1n) is 8.73. The van der Waals surface area contributed by atoms with Crippen molar-refractivity contribution < 1.29 is 28.5 Å². The Morgan fingerprint density at radius 2 is 1.92 bits per heavy atom. The Bertz CT molecular complexity index is 678. The summed E-state index contributed by atoms with van der Waals surface area (Å²) in [6.07, 6.45) is 1.93. The number of carbonyl (C=O) groups is 2. The van der Waals surface area contributed by atoms with Crippen LogP contribution in [-0.2, 0) is 16.1 Å². The first kappa shape index (κ1) is 18.2. The van der Waals surface area contributed by atoms with E-state index in [1.807, 2.05) is 6.07 Å². The molecular formula is C18H24N2O6. The van der Waals surface area contributed by atoms with E-state index in [9.17, 15) is 9.59 Å². The molecule has 0 spiro atoms. The van der Waals surface area contributed by atoms with E-state index in [1.54, 1.807) is 13.2 Å². The standard InChI is InChI=1S/C18H24N2O6/c1-23-14-10-16-15(25-7-8-26-16)9-12(14)11-19-17(21)13-5-3-4-6-20(13)18(22)24-2/h9-10,13H,3-8,11H2,1-2H3,(H,19,21)/t13-/m0/s1. The Morgan fingerprint density at radius 3 is 2.62 bits per heavy atom. The van der Waals surface area contributed by atoms with Gasteiger partial charge in [0.2, 0.25) is 5.91 Å². The summed E-state index contributed by atoms with van der Waals surface area (Å²) >= 11 is 0. The second kappa shape index (κ2) is 8.16. The Kier molecular flexibility index (Phi) is 5.70. The van der Waals surface area contributed by atoms with Gasteiger partial charge in [0.15, 0.2) is 11.5 Å². The lowest BCUT2D eigenvalue weighted by Gasteiger charge is -2.33. The number of rotatable bonds is 4. The normalized spacial score (nSPS) is 18.8. The fourth-order valence-corrected chi connectivity index (χ4v) is 3.28. The molecule has 0 aliphatic carbocycles. The maximum Gasteiger partial charge on any atom is 0.410 e. The van der Waals surface area contributed by atoms with E-state index >= 15 is 0 Å². The molecule has 2 amide bonds. The second-order valence-corrected chi connectivity index (χ2v) is 6.20. The maximum atomic E-state index is 12.6. The number of fused-ring (bicyclic) bond motifs is 1. The smallest absolute Gasteiger partial charge is 0.410 e. The van der Waals surface area contributed by atoms with Gasteiger partial charge in [-0.25, -0.2) is 4.79 Å². The molecule has 1 saturated heterocycles. The van der Waals surface area contributed by atoms with Crippen molar-refractivity contribution in [1.29, 1.82) is 0 Å². The lowest BCUT2D eigenvalue weighted by molar-refractivity contribution is -0.127. The summed E-state index contributed by atoms with van der Waals surface area (Å²) in [5, 5.41) is 2.89. The van der Waals surface area contributed by atoms with Gasteiger partial charge in [-0.3, -0.25) is 9.69 Å². The number of benzene rings is 1. The minimum atomic E-state index is -0.514. The molecule has 26 heavy (non-hydrogen) atoms. The van der Waals surface area contributed by atoms with E-state index in [0.717, 1.165) is 18.4 Å². The van der Waals surface area contributed by atoms with E-state index in [1.165, 1.54) is 12.0 Å². The summed E-state index contributed by atoms with van der Waals surface area (Å²) in [6.45, 7) is 1.78. The molecule has 0 aromatic heterocycles. The van der Waals surface area contributed by atoms with Gasteiger partial charge in [-0.1, -0.05) is 0 Å². The van der Waals surface area contributed by atoms with Crippen LogP contribution >= 0.6 is 0 Å². The molecule has 0 bridgehead atoms. The van der Waals surface area contributed by atoms with Gasteiger partial charge in [-0.05, 0) is 25.3 Å². The van der Waals surface area contributed by atoms with Gasteiger partial charge in [0.1, 0.15) is 25.0 Å². The van der Waals surface area contributed by atoms with Crippen molar-refractivity contribution in [3.05, 3.63) is 17.7 Å². The van der Waals surface area contributed by atoms with Crippen LogP contribution in [0.5, 0.6) is 17.2 Å². The minimum Gasteiger partial charge on any atom is -0.496 e. The van der Waals surface area contributed by atoms with Crippen LogP contribution in [0.2, 0.25) is 0 Å². The van der Waals surface area contributed by atoms with Crippen LogP contribution < -0.4 is 19.5 Å². The van der Waals surface area contributed by atoms with Crippen molar-refractivity contribution in [2.45, 2.75) is 31.8 Å². The third-order valence-corrected chi connectivity index (χ3v) is 4.61. The van der Waals surface area contributed by atoms with Crippen molar-refractivity contribution >= 4 is 12.0 Å². The van der Waals surface area contributed by atoms with Crippen LogP contribution in [0.15, 0.2) is 12.1 Å². The SMILES string of the molecule is COC(=O)N1CCCC[C@H]1C(=O)NCc1cc2c(cc1OC)OCCO2. The average molecular weight is 364 g/mol. The molecule has 1 aromatic rings. The fourth-order valence-electron chi connectivity index (χ4n) is 3.28. The van der Waals surface area contributed by atoms with Crippen LogP contribution in [-0.4, -0.2) is 56.9 Å². The Morgan fingerprint density at radius 1 is 1.19 bits per heavy atom. The van der Waals surface area contributed by atoms with E-state index in [4.69, 9.17) is 18.9 Å². The molecule has 0 unspecified atom stereocenters. The summed E-state index contributed by atoms with van der Waals surface area (Å²) in [4.78, 5) is 26.0. The fraction of sp³-hybridized carbons (Fsp3) is 0.556. The molecule has 2 heterocycles. The Labute approximate surface area is 152 Å². The quantitative estimate of drug-likeness (QED) is 0.875. The van der Waals surface area contributed by atoms with Gasteiger partial charge in [0.05, 0.1) is 14.2 Å². The van der Waals surface area contributed by atoms with Crippen molar-refractivity contribution in [2.75, 3.05) is 34.0 Å². The zero-order chi connectivity index (χ0) is 18.5. The molecule has 142 valence electrons. The summed E-state index contributed by atoms with van der Waals surface area (Å²) < 4.78 is 21.3. The molecule has 3 rings (SSSR count). The highest BCUT2D eigenvalue weighted by molar-refractivity contribution is 5.85. The van der Waals surface area contributed by atoms with Gasteiger partial charge in [-0.15, -0.1) is 0 Å². The highest BCUT2D eigenvalue weighted by atomic mass is 16.6. The Balaban J connectivity index is 1.69. The van der Waals surface area contributed by atoms with E-state index in [-0.39, 0.29) is 12.5 Å². The summed E-state index contributed by atoms with van der Waals surface area (Å²) in [6, 6.07) is 3.06. The molecule has 2 aliphatic rings. The summed E-state index contributed by atoms with van der Waals surface area (Å²) in [5.74, 6) is 1.68. The number of likely N-dealkylation sites (tertiary alicyclic amines) is 1. The number of hydrogen-bond donors (Lipinski definition) is 1. The van der Waals surface area contributed by atoms with Crippen molar-refractivity contribution in [2.24, 2.45) is 0 Å². The summed E-state index contributed by atoms with van der Waals surface area (Å²) in [5.41, 5.74) is 0.783. The van der Waals surface area contributed by atoms with Gasteiger partial charge < -0.3 is 24.3 Å². The predicted molar refractivity (Wildman–Crippen MR) is 92.6 cm³/mol. The van der Waals surface area contributed by atoms with Crippen LogP contribution in [0.3, 0.4) is 0 Å². The molecule has 1 atom stereocenters. The highest BCUT2D eigenvalue weighted by Crippen LogP contribution is 2.36. The average Bonchev–Trinajstić information content (AvgIpc) is 2.70. The van der Waals surface area contributed by atoms with Gasteiger partial charge >= 0.3 is 6.09 Å². The molecule has 1 aromatic carbocycles. The third-order valence-electron chi connectivity index (χ3n) is 4.61. The van der Waals surface area contributed by atoms with E-state index < -0.39 is 12.1 Å². The van der Waals surface area contributed by atoms with Gasteiger partial charge in [0.25, 0.3) is 0 Å². The van der Waals surface area contributed by atoms with E-state index in [2.05, 4.69) is 5.32 Å².